The van der Waals surface area contributed by atoms with E-state index >= 15 is 0 Å². The van der Waals surface area contributed by atoms with Gasteiger partial charge in [0, 0.05) is 53.1 Å². The number of halogens is 3. The van der Waals surface area contributed by atoms with E-state index in [0.29, 0.717) is 41.6 Å². The van der Waals surface area contributed by atoms with Crippen molar-refractivity contribution in [3.63, 3.8) is 0 Å². The maximum Gasteiger partial charge on any atom is 0.253 e. The average Bonchev–Trinajstić information content (AvgIpc) is 4.13. The van der Waals surface area contributed by atoms with Crippen molar-refractivity contribution in [1.29, 1.82) is 0 Å². The molecule has 2 spiro atoms. The molecule has 3 fully saturated rings. The number of hydrogen-bond acceptors (Lipinski definition) is 8. The highest BCUT2D eigenvalue weighted by atomic mass is 79.9. The molecule has 1 atom stereocenters. The minimum atomic E-state index is -0.344. The summed E-state index contributed by atoms with van der Waals surface area (Å²) in [6.45, 7) is 1.30. The van der Waals surface area contributed by atoms with Crippen LogP contribution in [-0.4, -0.2) is 66.2 Å². The zero-order valence-electron chi connectivity index (χ0n) is 30.2. The third kappa shape index (κ3) is 6.63. The maximum absolute atomic E-state index is 13.6. The van der Waals surface area contributed by atoms with Gasteiger partial charge in [-0.1, -0.05) is 40.2 Å². The minimum Gasteiger partial charge on any atom is -0.356 e. The number of rotatable bonds is 2. The molecule has 2 saturated carbocycles. The second kappa shape index (κ2) is 13.9. The quantitative estimate of drug-likeness (QED) is 0.141. The predicted octanol–water partition coefficient (Wildman–Crippen LogP) is 6.18. The fourth-order valence-corrected chi connectivity index (χ4v) is 8.42. The Morgan fingerprint density at radius 3 is 1.95 bits per heavy atom. The van der Waals surface area contributed by atoms with Gasteiger partial charge in [-0.3, -0.25) is 19.2 Å². The number of Topliss-reactive ketones (excluding diaryl/α,β-unsaturated/α-hetero) is 2. The zero-order chi connectivity index (χ0) is 38.8. The Labute approximate surface area is 328 Å². The second-order valence-corrected chi connectivity index (χ2v) is 16.5. The summed E-state index contributed by atoms with van der Waals surface area (Å²) in [4.78, 5) is 67.5. The SMILES string of the molecule is O=C1CC(=O)C2(CC2)CN1.O=C1NCC2(CC2)c2[nH]c3c(c21)CCc1cnc(-c2cccc(F)c2)nc1-3.O=C1c2nc(-c3cccc(F)c3)ncc2CCC1Br. The number of benzene rings is 2. The number of nitrogens with one attached hydrogen (secondary N) is 3. The van der Waals surface area contributed by atoms with E-state index in [1.165, 1.54) is 24.3 Å². The van der Waals surface area contributed by atoms with Crippen LogP contribution in [0.4, 0.5) is 8.78 Å². The van der Waals surface area contributed by atoms with E-state index in [1.54, 1.807) is 30.5 Å². The molecule has 11 nitrogen and oxygen atoms in total. The molecule has 3 N–H and O–H groups in total. The Bertz CT molecular complexity index is 2480. The lowest BCUT2D eigenvalue weighted by molar-refractivity contribution is -0.134. The molecule has 284 valence electrons. The number of hydrogen-bond donors (Lipinski definition) is 3. The average molecular weight is 821 g/mol. The summed E-state index contributed by atoms with van der Waals surface area (Å²) < 4.78 is 26.8. The summed E-state index contributed by atoms with van der Waals surface area (Å²) in [5.74, 6) is 0.260. The molecule has 6 aliphatic rings. The van der Waals surface area contributed by atoms with Gasteiger partial charge in [0.2, 0.25) is 5.91 Å². The zero-order valence-corrected chi connectivity index (χ0v) is 31.8. The van der Waals surface area contributed by atoms with Gasteiger partial charge in [-0.05, 0) is 92.3 Å². The van der Waals surface area contributed by atoms with Gasteiger partial charge < -0.3 is 15.6 Å². The van der Waals surface area contributed by atoms with Crippen molar-refractivity contribution in [3.8, 4) is 34.2 Å². The van der Waals surface area contributed by atoms with E-state index in [1.807, 2.05) is 6.20 Å². The Kier molecular flexibility index (Phi) is 8.98. The summed E-state index contributed by atoms with van der Waals surface area (Å²) in [7, 11) is 0. The summed E-state index contributed by atoms with van der Waals surface area (Å²) in [6.07, 6.45) is 10.9. The van der Waals surface area contributed by atoms with Crippen molar-refractivity contribution < 1.29 is 28.0 Å². The van der Waals surface area contributed by atoms with Crippen LogP contribution in [0.3, 0.4) is 0 Å². The van der Waals surface area contributed by atoms with Crippen LogP contribution in [0.15, 0.2) is 60.9 Å². The van der Waals surface area contributed by atoms with Gasteiger partial charge >= 0.3 is 0 Å². The van der Waals surface area contributed by atoms with Crippen molar-refractivity contribution in [2.45, 2.75) is 68.0 Å². The molecule has 1 saturated heterocycles. The van der Waals surface area contributed by atoms with E-state index in [4.69, 9.17) is 4.98 Å². The molecular weight excluding hydrogens is 784 g/mol. The highest BCUT2D eigenvalue weighted by molar-refractivity contribution is 9.10. The van der Waals surface area contributed by atoms with Crippen molar-refractivity contribution >= 4 is 39.3 Å². The standard InChI is InChI=1S/C21H17FN4O.C14H10BrFN2O.C7H9NO2/c22-13-3-1-2-11(8-13)19-23-9-12-4-5-14-15-18(25-17(14)16(12)26-19)21(6-7-21)10-24-20(15)27;15-11-5-4-9-7-17-14(18-12(9)13(11)19)8-2-1-3-10(16)6-8;9-5-3-6(10)8-4-7(5)1-2-7/h1-3,8-9,25H,4-7,10H2,(H,24,27);1-3,6-7,11H,4-5H2;1-4H2,(H,8,10). The fraction of sp³-hybridized carbons (Fsp3) is 0.333. The van der Waals surface area contributed by atoms with Crippen molar-refractivity contribution in [1.82, 2.24) is 35.6 Å². The Morgan fingerprint density at radius 1 is 0.732 bits per heavy atom. The summed E-state index contributed by atoms with van der Waals surface area (Å²) in [5.41, 5.74) is 8.31. The van der Waals surface area contributed by atoms with Gasteiger partial charge in [0.05, 0.1) is 28.2 Å². The first-order chi connectivity index (χ1) is 27.0. The summed E-state index contributed by atoms with van der Waals surface area (Å²) in [5, 5.41) is 5.77. The largest absolute Gasteiger partial charge is 0.356 e. The second-order valence-electron chi connectivity index (χ2n) is 15.4. The molecule has 2 amide bonds. The monoisotopic (exact) mass is 819 g/mol. The first-order valence-electron chi connectivity index (χ1n) is 18.8. The summed E-state index contributed by atoms with van der Waals surface area (Å²) in [6, 6.07) is 12.4. The van der Waals surface area contributed by atoms with Crippen LogP contribution in [-0.2, 0) is 34.3 Å². The van der Waals surface area contributed by atoms with Crippen LogP contribution in [0.2, 0.25) is 0 Å². The molecule has 0 radical (unpaired) electrons. The Morgan fingerprint density at radius 2 is 1.34 bits per heavy atom. The van der Waals surface area contributed by atoms with Crippen molar-refractivity contribution in [2.24, 2.45) is 5.41 Å². The number of carbonyl (C=O) groups excluding carboxylic acids is 4. The topological polar surface area (TPSA) is 160 Å². The number of fused-ring (bicyclic) bond motifs is 7. The minimum absolute atomic E-state index is 0.0166. The molecule has 11 rings (SSSR count). The molecule has 3 aromatic heterocycles. The number of alkyl halides is 1. The molecule has 0 bridgehead atoms. The molecule has 2 aliphatic heterocycles. The van der Waals surface area contributed by atoms with Gasteiger partial charge in [-0.15, -0.1) is 0 Å². The lowest BCUT2D eigenvalue weighted by atomic mass is 9.88. The normalized spacial score (nSPS) is 20.2. The molecule has 5 aromatic rings. The third-order valence-corrected chi connectivity index (χ3v) is 12.5. The lowest BCUT2D eigenvalue weighted by Gasteiger charge is -2.23. The third-order valence-electron chi connectivity index (χ3n) is 11.7. The van der Waals surface area contributed by atoms with Gasteiger partial charge in [-0.25, -0.2) is 28.7 Å². The Balaban J connectivity index is 0.000000122. The van der Waals surface area contributed by atoms with E-state index in [2.05, 4.69) is 46.5 Å². The highest BCUT2D eigenvalue weighted by Crippen LogP contribution is 2.52. The molecule has 4 aliphatic carbocycles. The fourth-order valence-electron chi connectivity index (χ4n) is 7.98. The predicted molar refractivity (Wildman–Crippen MR) is 205 cm³/mol. The smallest absolute Gasteiger partial charge is 0.253 e. The number of aromatic nitrogens is 5. The molecule has 5 heterocycles. The molecule has 2 aromatic carbocycles. The highest BCUT2D eigenvalue weighted by Gasteiger charge is 2.52. The number of ketones is 2. The first-order valence-corrected chi connectivity index (χ1v) is 19.7. The number of carbonyl (C=O) groups is 4. The van der Waals surface area contributed by atoms with Crippen LogP contribution in [0.5, 0.6) is 0 Å². The number of H-pyrrole nitrogens is 1. The number of nitrogens with zero attached hydrogens (tertiary/aromatic N) is 4. The van der Waals surface area contributed by atoms with Crippen LogP contribution in [0.1, 0.15) is 81.8 Å². The molecule has 1 unspecified atom stereocenters. The number of aryl methyl sites for hydroxylation is 2. The number of piperidine rings is 1. The molecular formula is C42H36BrF2N7O4. The van der Waals surface area contributed by atoms with E-state index in [9.17, 15) is 28.0 Å². The molecule has 14 heteroatoms. The van der Waals surface area contributed by atoms with Crippen molar-refractivity contribution in [3.05, 3.63) is 106 Å². The maximum atomic E-state index is 13.6. The van der Waals surface area contributed by atoms with Crippen LogP contribution >= 0.6 is 15.9 Å². The first kappa shape index (κ1) is 36.2. The number of amides is 2. The van der Waals surface area contributed by atoms with E-state index < -0.39 is 0 Å². The molecule has 56 heavy (non-hydrogen) atoms. The summed E-state index contributed by atoms with van der Waals surface area (Å²) >= 11 is 3.35. The Hall–Kier alpha value is -5.50. The number of aromatic amines is 1. The van der Waals surface area contributed by atoms with Gasteiger partial charge in [0.1, 0.15) is 23.1 Å². The van der Waals surface area contributed by atoms with Crippen molar-refractivity contribution in [2.75, 3.05) is 13.1 Å². The lowest BCUT2D eigenvalue weighted by Crippen LogP contribution is -2.42. The van der Waals surface area contributed by atoms with Crippen LogP contribution < -0.4 is 10.6 Å². The van der Waals surface area contributed by atoms with Gasteiger partial charge in [0.15, 0.2) is 17.4 Å². The van der Waals surface area contributed by atoms with Gasteiger partial charge in [0.25, 0.3) is 5.91 Å². The van der Waals surface area contributed by atoms with E-state index in [0.717, 1.165) is 90.7 Å². The van der Waals surface area contributed by atoms with Gasteiger partial charge in [-0.2, -0.15) is 0 Å². The van der Waals surface area contributed by atoms with Crippen LogP contribution in [0, 0.1) is 17.0 Å². The van der Waals surface area contributed by atoms with Crippen LogP contribution in [0.25, 0.3) is 34.2 Å². The van der Waals surface area contributed by atoms with E-state index in [-0.39, 0.29) is 57.1 Å².